The maximum atomic E-state index is 11.9. The van der Waals surface area contributed by atoms with Crippen LogP contribution in [0.15, 0.2) is 0 Å². The number of nitrogens with zero attached hydrogens (tertiary/aromatic N) is 1. The van der Waals surface area contributed by atoms with Crippen molar-refractivity contribution in [3.63, 3.8) is 0 Å². The molecule has 0 aromatic carbocycles. The van der Waals surface area contributed by atoms with Gasteiger partial charge < -0.3 is 15.2 Å². The van der Waals surface area contributed by atoms with Crippen molar-refractivity contribution >= 4 is 5.91 Å². The number of nitrogens with one attached hydrogen (secondary N) is 1. The highest BCUT2D eigenvalue weighted by Gasteiger charge is 2.30. The lowest BCUT2D eigenvalue weighted by Gasteiger charge is -2.35. The number of piperidine rings is 1. The van der Waals surface area contributed by atoms with Gasteiger partial charge in [-0.1, -0.05) is 0 Å². The second kappa shape index (κ2) is 6.50. The molecule has 2 aliphatic rings. The van der Waals surface area contributed by atoms with Crippen LogP contribution in [0.2, 0.25) is 0 Å². The molecule has 1 amide bonds. The van der Waals surface area contributed by atoms with E-state index in [0.29, 0.717) is 12.6 Å². The number of aliphatic hydroxyl groups is 1. The van der Waals surface area contributed by atoms with E-state index < -0.39 is 0 Å². The van der Waals surface area contributed by atoms with Crippen LogP contribution in [-0.2, 0) is 9.53 Å². The van der Waals surface area contributed by atoms with Crippen LogP contribution in [0.4, 0.5) is 0 Å². The Morgan fingerprint density at radius 2 is 2.06 bits per heavy atom. The van der Waals surface area contributed by atoms with E-state index >= 15 is 0 Å². The molecule has 1 unspecified atom stereocenters. The Hall–Kier alpha value is -0.650. The summed E-state index contributed by atoms with van der Waals surface area (Å²) in [6.45, 7) is 4.28. The van der Waals surface area contributed by atoms with Crippen LogP contribution in [0.5, 0.6) is 0 Å². The minimum absolute atomic E-state index is 0.0376. The van der Waals surface area contributed by atoms with Crippen molar-refractivity contribution in [2.45, 2.75) is 50.8 Å². The fourth-order valence-corrected chi connectivity index (χ4v) is 2.36. The van der Waals surface area contributed by atoms with E-state index in [4.69, 9.17) is 9.84 Å². The molecule has 18 heavy (non-hydrogen) atoms. The van der Waals surface area contributed by atoms with Crippen LogP contribution in [-0.4, -0.2) is 60.4 Å². The van der Waals surface area contributed by atoms with Gasteiger partial charge >= 0.3 is 0 Å². The van der Waals surface area contributed by atoms with Gasteiger partial charge in [0.15, 0.2) is 0 Å². The van der Waals surface area contributed by atoms with Gasteiger partial charge in [0.25, 0.3) is 0 Å². The molecule has 0 bridgehead atoms. The van der Waals surface area contributed by atoms with E-state index in [9.17, 15) is 4.79 Å². The van der Waals surface area contributed by atoms with Gasteiger partial charge in [-0.25, -0.2) is 0 Å². The van der Waals surface area contributed by atoms with Gasteiger partial charge in [-0.2, -0.15) is 0 Å². The molecule has 5 heteroatoms. The molecular formula is C13H24N2O3. The molecule has 0 aromatic rings. The molecule has 2 fully saturated rings. The Balaban J connectivity index is 1.69. The van der Waals surface area contributed by atoms with E-state index in [1.54, 1.807) is 0 Å². The molecule has 1 aliphatic carbocycles. The van der Waals surface area contributed by atoms with Crippen LogP contribution < -0.4 is 5.32 Å². The van der Waals surface area contributed by atoms with Crippen molar-refractivity contribution in [1.82, 2.24) is 10.2 Å². The number of carbonyl (C=O) groups excluding carboxylic acids is 1. The molecule has 5 nitrogen and oxygen atoms in total. The highest BCUT2D eigenvalue weighted by molar-refractivity contribution is 5.81. The molecule has 1 atom stereocenters. The zero-order chi connectivity index (χ0) is 13.0. The van der Waals surface area contributed by atoms with E-state index in [1.165, 1.54) is 0 Å². The molecule has 2 rings (SSSR count). The number of hydrogen-bond acceptors (Lipinski definition) is 4. The summed E-state index contributed by atoms with van der Waals surface area (Å²) < 4.78 is 5.52. The van der Waals surface area contributed by atoms with E-state index in [2.05, 4.69) is 10.2 Å². The first kappa shape index (κ1) is 13.8. The average molecular weight is 256 g/mol. The van der Waals surface area contributed by atoms with Crippen molar-refractivity contribution in [2.24, 2.45) is 0 Å². The van der Waals surface area contributed by atoms with Crippen LogP contribution in [0.3, 0.4) is 0 Å². The van der Waals surface area contributed by atoms with Gasteiger partial charge in [-0.15, -0.1) is 0 Å². The summed E-state index contributed by atoms with van der Waals surface area (Å²) in [6.07, 6.45) is 4.40. The number of rotatable bonds is 6. The number of aliphatic hydroxyl groups excluding tert-OH is 1. The van der Waals surface area contributed by atoms with Crippen molar-refractivity contribution in [3.05, 3.63) is 0 Å². The second-order valence-corrected chi connectivity index (χ2v) is 5.29. The van der Waals surface area contributed by atoms with Gasteiger partial charge in [0.1, 0.15) is 0 Å². The minimum Gasteiger partial charge on any atom is -0.394 e. The fraction of sp³-hybridized carbons (Fsp3) is 0.923. The molecular weight excluding hydrogens is 232 g/mol. The summed E-state index contributed by atoms with van der Waals surface area (Å²) in [4.78, 5) is 14.1. The third kappa shape index (κ3) is 3.93. The maximum Gasteiger partial charge on any atom is 0.237 e. The van der Waals surface area contributed by atoms with Crippen molar-refractivity contribution in [3.8, 4) is 0 Å². The summed E-state index contributed by atoms with van der Waals surface area (Å²) in [5.74, 6) is 0.159. The molecule has 1 saturated heterocycles. The lowest BCUT2D eigenvalue weighted by Crippen LogP contribution is -2.49. The average Bonchev–Trinajstić information content (AvgIpc) is 3.20. The molecule has 1 heterocycles. The Labute approximate surface area is 108 Å². The van der Waals surface area contributed by atoms with Gasteiger partial charge in [0.2, 0.25) is 5.91 Å². The Morgan fingerprint density at radius 3 is 2.61 bits per heavy atom. The Morgan fingerprint density at radius 1 is 1.39 bits per heavy atom. The lowest BCUT2D eigenvalue weighted by molar-refractivity contribution is -0.127. The van der Waals surface area contributed by atoms with Crippen molar-refractivity contribution in [1.29, 1.82) is 0 Å². The van der Waals surface area contributed by atoms with Crippen LogP contribution in [0.1, 0.15) is 32.6 Å². The van der Waals surface area contributed by atoms with E-state index in [-0.39, 0.29) is 24.7 Å². The molecule has 104 valence electrons. The standard InChI is InChI=1S/C13H24N2O3/c1-10(13(17)14-11-2-3-11)15-6-4-12(5-7-15)18-9-8-16/h10-12,16H,2-9H2,1H3,(H,14,17). The number of amides is 1. The summed E-state index contributed by atoms with van der Waals surface area (Å²) in [7, 11) is 0. The normalized spacial score (nSPS) is 23.9. The minimum atomic E-state index is -0.0376. The van der Waals surface area contributed by atoms with Crippen LogP contribution >= 0.6 is 0 Å². The fourth-order valence-electron chi connectivity index (χ4n) is 2.36. The molecule has 0 radical (unpaired) electrons. The summed E-state index contributed by atoms with van der Waals surface area (Å²) in [5, 5.41) is 11.8. The number of likely N-dealkylation sites (tertiary alicyclic amines) is 1. The van der Waals surface area contributed by atoms with Gasteiger partial charge in [-0.05, 0) is 32.6 Å². The van der Waals surface area contributed by atoms with Crippen molar-refractivity contribution in [2.75, 3.05) is 26.3 Å². The topological polar surface area (TPSA) is 61.8 Å². The Kier molecular flexibility index (Phi) is 4.97. The van der Waals surface area contributed by atoms with Gasteiger partial charge in [-0.3, -0.25) is 9.69 Å². The van der Waals surface area contributed by atoms with E-state index in [0.717, 1.165) is 38.8 Å². The highest BCUT2D eigenvalue weighted by Crippen LogP contribution is 2.20. The first-order valence-corrected chi connectivity index (χ1v) is 6.97. The van der Waals surface area contributed by atoms with Crippen LogP contribution in [0, 0.1) is 0 Å². The largest absolute Gasteiger partial charge is 0.394 e. The van der Waals surface area contributed by atoms with Gasteiger partial charge in [0.05, 0.1) is 25.4 Å². The third-order valence-electron chi connectivity index (χ3n) is 3.77. The smallest absolute Gasteiger partial charge is 0.237 e. The zero-order valence-corrected chi connectivity index (χ0v) is 11.1. The molecule has 2 N–H and O–H groups in total. The first-order chi connectivity index (χ1) is 8.70. The SMILES string of the molecule is CC(C(=O)NC1CC1)N1CCC(OCCO)CC1. The zero-order valence-electron chi connectivity index (χ0n) is 11.1. The highest BCUT2D eigenvalue weighted by atomic mass is 16.5. The molecule has 0 spiro atoms. The third-order valence-corrected chi connectivity index (χ3v) is 3.77. The maximum absolute atomic E-state index is 11.9. The summed E-state index contributed by atoms with van der Waals surface area (Å²) in [6, 6.07) is 0.398. The first-order valence-electron chi connectivity index (χ1n) is 6.97. The molecule has 0 aromatic heterocycles. The molecule has 1 aliphatic heterocycles. The second-order valence-electron chi connectivity index (χ2n) is 5.29. The number of ether oxygens (including phenoxy) is 1. The summed E-state index contributed by atoms with van der Waals surface area (Å²) >= 11 is 0. The van der Waals surface area contributed by atoms with Crippen LogP contribution in [0.25, 0.3) is 0 Å². The predicted molar refractivity (Wildman–Crippen MR) is 68.3 cm³/mol. The number of hydrogen-bond donors (Lipinski definition) is 2. The van der Waals surface area contributed by atoms with E-state index in [1.807, 2.05) is 6.92 Å². The quantitative estimate of drug-likeness (QED) is 0.709. The Bertz CT molecular complexity index is 273. The van der Waals surface area contributed by atoms with Gasteiger partial charge in [0, 0.05) is 19.1 Å². The van der Waals surface area contributed by atoms with Crippen molar-refractivity contribution < 1.29 is 14.6 Å². The predicted octanol–water partition coefficient (Wildman–Crippen LogP) is 0.127. The monoisotopic (exact) mass is 256 g/mol. The molecule has 1 saturated carbocycles. The lowest BCUT2D eigenvalue weighted by atomic mass is 10.1. The summed E-state index contributed by atoms with van der Waals surface area (Å²) in [5.41, 5.74) is 0. The number of carbonyl (C=O) groups is 1.